The zero-order valence-electron chi connectivity index (χ0n) is 17.6. The number of hydrazine groups is 1. The standard InChI is InChI=1S/C23H22F3N3O3S/c24-17-1-3-20(4-2-17)29-22-7-16-5-6-28(13-23(16,14-30)11-15(22)12-27-29)33(31,32)21-9-18(25)8-19(26)10-21/h1-4,7-10,27,30H,5-6,11-14H2/t23-/m1/s1. The van der Waals surface area contributed by atoms with Gasteiger partial charge in [0.15, 0.2) is 0 Å². The van der Waals surface area contributed by atoms with Crippen LogP contribution in [0, 0.1) is 22.9 Å². The lowest BCUT2D eigenvalue weighted by Gasteiger charge is -2.45. The van der Waals surface area contributed by atoms with Crippen molar-refractivity contribution in [1.82, 2.24) is 9.73 Å². The van der Waals surface area contributed by atoms with Gasteiger partial charge in [-0.05, 0) is 60.9 Å². The Balaban J connectivity index is 1.45. The predicted molar refractivity (Wildman–Crippen MR) is 116 cm³/mol. The average molecular weight is 478 g/mol. The highest BCUT2D eigenvalue weighted by Crippen LogP contribution is 2.47. The molecule has 33 heavy (non-hydrogen) atoms. The first-order valence-electron chi connectivity index (χ1n) is 10.5. The quantitative estimate of drug-likeness (QED) is 0.708. The van der Waals surface area contributed by atoms with E-state index in [9.17, 15) is 26.7 Å². The summed E-state index contributed by atoms with van der Waals surface area (Å²) >= 11 is 0. The Morgan fingerprint density at radius 1 is 1.03 bits per heavy atom. The molecular formula is C23H22F3N3O3S. The molecule has 1 saturated heterocycles. The number of aliphatic hydroxyl groups is 1. The number of halogens is 3. The SMILES string of the molecule is O=S(=O)(c1cc(F)cc(F)c1)N1CCC2=CC3=C(CNN3c3ccc(F)cc3)C[C@]2(CO)C1. The van der Waals surface area contributed by atoms with Crippen molar-refractivity contribution in [3.8, 4) is 0 Å². The van der Waals surface area contributed by atoms with Gasteiger partial charge in [0, 0.05) is 31.1 Å². The zero-order chi connectivity index (χ0) is 23.4. The molecule has 3 aliphatic rings. The van der Waals surface area contributed by atoms with E-state index in [-0.39, 0.29) is 25.5 Å². The molecule has 2 heterocycles. The molecule has 0 bridgehead atoms. The van der Waals surface area contributed by atoms with Gasteiger partial charge in [0.2, 0.25) is 10.0 Å². The van der Waals surface area contributed by atoms with Gasteiger partial charge in [0.1, 0.15) is 17.5 Å². The minimum Gasteiger partial charge on any atom is -0.395 e. The van der Waals surface area contributed by atoms with Gasteiger partial charge in [0.05, 0.1) is 22.9 Å². The number of anilines is 1. The Hall–Kier alpha value is -2.66. The fraction of sp³-hybridized carbons (Fsp3) is 0.304. The predicted octanol–water partition coefficient (Wildman–Crippen LogP) is 3.09. The maximum absolute atomic E-state index is 13.7. The highest BCUT2D eigenvalue weighted by molar-refractivity contribution is 7.89. The molecule has 0 amide bonds. The number of fused-ring (bicyclic) bond motifs is 1. The van der Waals surface area contributed by atoms with Crippen molar-refractivity contribution in [2.45, 2.75) is 17.7 Å². The lowest BCUT2D eigenvalue weighted by molar-refractivity contribution is 0.109. The van der Waals surface area contributed by atoms with Crippen molar-refractivity contribution in [1.29, 1.82) is 0 Å². The average Bonchev–Trinajstić information content (AvgIpc) is 3.19. The first kappa shape index (κ1) is 22.1. The normalized spacial score (nSPS) is 23.4. The highest BCUT2D eigenvalue weighted by Gasteiger charge is 2.47. The van der Waals surface area contributed by atoms with Gasteiger partial charge < -0.3 is 5.11 Å². The summed E-state index contributed by atoms with van der Waals surface area (Å²) < 4.78 is 68.2. The van der Waals surface area contributed by atoms with Crippen molar-refractivity contribution < 1.29 is 26.7 Å². The van der Waals surface area contributed by atoms with Gasteiger partial charge in [0.25, 0.3) is 0 Å². The van der Waals surface area contributed by atoms with E-state index in [0.717, 1.165) is 34.7 Å². The van der Waals surface area contributed by atoms with E-state index in [1.165, 1.54) is 16.4 Å². The lowest BCUT2D eigenvalue weighted by Crippen LogP contribution is -2.50. The smallest absolute Gasteiger partial charge is 0.243 e. The van der Waals surface area contributed by atoms with Crippen LogP contribution < -0.4 is 10.4 Å². The van der Waals surface area contributed by atoms with E-state index in [2.05, 4.69) is 5.43 Å². The number of piperidine rings is 1. The lowest BCUT2D eigenvalue weighted by atomic mass is 9.69. The minimum atomic E-state index is -4.15. The second-order valence-electron chi connectivity index (χ2n) is 8.61. The molecule has 0 saturated carbocycles. The number of sulfonamides is 1. The molecule has 0 spiro atoms. The number of hydrogen-bond donors (Lipinski definition) is 2. The minimum absolute atomic E-state index is 0.00310. The molecule has 5 rings (SSSR count). The number of aliphatic hydroxyl groups excluding tert-OH is 1. The van der Waals surface area contributed by atoms with Gasteiger partial charge in [-0.2, -0.15) is 4.31 Å². The summed E-state index contributed by atoms with van der Waals surface area (Å²) in [5.41, 5.74) is 6.02. The summed E-state index contributed by atoms with van der Waals surface area (Å²) in [5, 5.41) is 12.2. The molecule has 1 atom stereocenters. The Morgan fingerprint density at radius 2 is 1.73 bits per heavy atom. The number of nitrogens with one attached hydrogen (secondary N) is 1. The molecule has 0 radical (unpaired) electrons. The van der Waals surface area contributed by atoms with E-state index in [1.807, 2.05) is 11.1 Å². The molecule has 0 unspecified atom stereocenters. The molecule has 6 nitrogen and oxygen atoms in total. The molecular weight excluding hydrogens is 455 g/mol. The van der Waals surface area contributed by atoms with E-state index in [1.54, 1.807) is 12.1 Å². The fourth-order valence-electron chi connectivity index (χ4n) is 4.88. The molecule has 174 valence electrons. The molecule has 10 heteroatoms. The van der Waals surface area contributed by atoms with E-state index >= 15 is 0 Å². The molecule has 0 aromatic heterocycles. The number of allylic oxidation sites excluding steroid dienone is 1. The van der Waals surface area contributed by atoms with Crippen LogP contribution in [0.25, 0.3) is 0 Å². The van der Waals surface area contributed by atoms with Crippen LogP contribution in [0.1, 0.15) is 12.8 Å². The molecule has 2 aliphatic heterocycles. The number of nitrogens with zero attached hydrogens (tertiary/aromatic N) is 2. The number of benzene rings is 2. The third-order valence-corrected chi connectivity index (χ3v) is 8.39. The summed E-state index contributed by atoms with van der Waals surface area (Å²) in [6.07, 6.45) is 2.76. The van der Waals surface area contributed by atoms with Gasteiger partial charge in [-0.15, -0.1) is 0 Å². The Morgan fingerprint density at radius 3 is 2.39 bits per heavy atom. The molecule has 2 aromatic rings. The maximum Gasteiger partial charge on any atom is 0.243 e. The maximum atomic E-state index is 13.7. The van der Waals surface area contributed by atoms with E-state index in [0.29, 0.717) is 25.5 Å². The van der Waals surface area contributed by atoms with Crippen LogP contribution in [0.4, 0.5) is 18.9 Å². The van der Waals surface area contributed by atoms with Gasteiger partial charge in [-0.25, -0.2) is 27.0 Å². The second-order valence-corrected chi connectivity index (χ2v) is 10.6. The van der Waals surface area contributed by atoms with Crippen LogP contribution in [-0.4, -0.2) is 44.1 Å². The summed E-state index contributed by atoms with van der Waals surface area (Å²) in [6, 6.07) is 8.32. The monoisotopic (exact) mass is 477 g/mol. The van der Waals surface area contributed by atoms with Gasteiger partial charge >= 0.3 is 0 Å². The second kappa shape index (κ2) is 7.98. The van der Waals surface area contributed by atoms with Crippen LogP contribution in [0.15, 0.2) is 70.3 Å². The van der Waals surface area contributed by atoms with Crippen LogP contribution >= 0.6 is 0 Å². The molecule has 1 aliphatic carbocycles. The van der Waals surface area contributed by atoms with Crippen molar-refractivity contribution in [2.24, 2.45) is 5.41 Å². The van der Waals surface area contributed by atoms with Crippen molar-refractivity contribution >= 4 is 15.7 Å². The van der Waals surface area contributed by atoms with Crippen LogP contribution in [-0.2, 0) is 10.0 Å². The molecule has 1 fully saturated rings. The van der Waals surface area contributed by atoms with Crippen molar-refractivity contribution in [3.05, 3.63) is 82.8 Å². The largest absolute Gasteiger partial charge is 0.395 e. The number of hydrogen-bond acceptors (Lipinski definition) is 5. The third kappa shape index (κ3) is 3.76. The van der Waals surface area contributed by atoms with Crippen LogP contribution in [0.2, 0.25) is 0 Å². The molecule has 2 N–H and O–H groups in total. The Kier molecular flexibility index (Phi) is 5.36. The summed E-state index contributed by atoms with van der Waals surface area (Å²) in [5.74, 6) is -2.26. The topological polar surface area (TPSA) is 72.9 Å². The third-order valence-electron chi connectivity index (χ3n) is 6.57. The fourth-order valence-corrected chi connectivity index (χ4v) is 6.45. The number of rotatable bonds is 4. The highest BCUT2D eigenvalue weighted by atomic mass is 32.2. The summed E-state index contributed by atoms with van der Waals surface area (Å²) in [4.78, 5) is -0.443. The zero-order valence-corrected chi connectivity index (χ0v) is 18.4. The van der Waals surface area contributed by atoms with E-state index in [4.69, 9.17) is 0 Å². The van der Waals surface area contributed by atoms with Crippen LogP contribution in [0.3, 0.4) is 0 Å². The van der Waals surface area contributed by atoms with Gasteiger partial charge in [-0.3, -0.25) is 5.01 Å². The van der Waals surface area contributed by atoms with Crippen molar-refractivity contribution in [2.75, 3.05) is 31.3 Å². The van der Waals surface area contributed by atoms with Crippen LogP contribution in [0.5, 0.6) is 0 Å². The first-order chi connectivity index (χ1) is 15.7. The Labute approximate surface area is 189 Å². The summed E-state index contributed by atoms with van der Waals surface area (Å²) in [7, 11) is -4.15. The first-order valence-corrected chi connectivity index (χ1v) is 12.0. The van der Waals surface area contributed by atoms with E-state index < -0.39 is 32.0 Å². The van der Waals surface area contributed by atoms with Gasteiger partial charge in [-0.1, -0.05) is 5.57 Å². The molecule has 2 aromatic carbocycles. The van der Waals surface area contributed by atoms with Crippen molar-refractivity contribution in [3.63, 3.8) is 0 Å². The summed E-state index contributed by atoms with van der Waals surface area (Å²) in [6.45, 7) is 0.361. The Bertz CT molecular complexity index is 1260.